The normalized spacial score (nSPS) is 14.9. The van der Waals surface area contributed by atoms with Crippen LogP contribution in [0.3, 0.4) is 0 Å². The molecule has 0 aromatic heterocycles. The molecular weight excluding hydrogens is 792 g/mol. The molecule has 1 aliphatic heterocycles. The van der Waals surface area contributed by atoms with Gasteiger partial charge in [-0.05, 0) is 93.4 Å². The Kier molecular flexibility index (Phi) is 13.2. The standard InChI is InChI=1S/C58H85O4P/c1-51(2,3)39-27-35(47(59)43(31-39)55(13,14)15)25-36-28-40(52(4,5)6)32-44(56(16,17)18)48(36)60-63-61-49-37(29-41(53(7,8)9)33-45(49)57(19,20)21)26-38-30-42(54(10,11)12)34-46(50(38)62-63)58(22,23)24/h27-34,59H,25-26H2,1-24H3. The fraction of sp³-hybridized carbons (Fsp3) is 0.586. The lowest BCUT2D eigenvalue weighted by atomic mass is 9.76. The van der Waals surface area contributed by atoms with Crippen LogP contribution < -0.4 is 13.6 Å². The molecule has 63 heavy (non-hydrogen) atoms. The molecule has 0 atom stereocenters. The zero-order valence-corrected chi connectivity index (χ0v) is 45.0. The highest BCUT2D eigenvalue weighted by molar-refractivity contribution is 7.43. The van der Waals surface area contributed by atoms with E-state index in [9.17, 15) is 5.11 Å². The predicted octanol–water partition coefficient (Wildman–Crippen LogP) is 17.0. The fourth-order valence-electron chi connectivity index (χ4n) is 8.28. The topological polar surface area (TPSA) is 47.9 Å². The quantitative estimate of drug-likeness (QED) is 0.208. The molecule has 0 fully saturated rings. The molecule has 1 N–H and O–H groups in total. The van der Waals surface area contributed by atoms with Gasteiger partial charge in [-0.15, -0.1) is 0 Å². The molecule has 0 spiro atoms. The zero-order valence-electron chi connectivity index (χ0n) is 44.2. The van der Waals surface area contributed by atoms with Gasteiger partial charge in [0.2, 0.25) is 0 Å². The Hall–Kier alpha value is -3.49. The maximum Gasteiger partial charge on any atom is 0.530 e. The molecule has 5 rings (SSSR count). The Morgan fingerprint density at radius 1 is 0.413 bits per heavy atom. The van der Waals surface area contributed by atoms with E-state index in [-0.39, 0.29) is 43.3 Å². The van der Waals surface area contributed by atoms with Gasteiger partial charge >= 0.3 is 8.60 Å². The molecular formula is C58H85O4P. The summed E-state index contributed by atoms with van der Waals surface area (Å²) in [7, 11) is -2.08. The molecule has 4 nitrogen and oxygen atoms in total. The number of phenolic OH excluding ortho intramolecular Hbond substituents is 1. The smallest absolute Gasteiger partial charge is 0.507 e. The molecule has 1 heterocycles. The van der Waals surface area contributed by atoms with Crippen molar-refractivity contribution in [2.75, 3.05) is 0 Å². The number of benzene rings is 4. The van der Waals surface area contributed by atoms with Crippen LogP contribution in [0.4, 0.5) is 0 Å². The van der Waals surface area contributed by atoms with Gasteiger partial charge in [0.1, 0.15) is 23.0 Å². The third kappa shape index (κ3) is 11.3. The minimum atomic E-state index is -2.08. The second-order valence-electron chi connectivity index (χ2n) is 26.9. The number of fused-ring (bicyclic) bond motifs is 2. The minimum Gasteiger partial charge on any atom is -0.507 e. The van der Waals surface area contributed by atoms with Gasteiger partial charge < -0.3 is 18.7 Å². The summed E-state index contributed by atoms with van der Waals surface area (Å²) in [5.74, 6) is 2.80. The largest absolute Gasteiger partial charge is 0.530 e. The lowest BCUT2D eigenvalue weighted by Gasteiger charge is -2.35. The SMILES string of the molecule is CC(C)(C)c1cc(Cc2cc(C(C)(C)C)cc(C(C)(C)C)c2OP2Oc3c(cc(C(C)(C)C)cc3C(C)(C)C)Cc3cc(C(C)(C)C)cc(C(C)(C)C)c3O2)c(O)c(C(C)(C)C)c1. The van der Waals surface area contributed by atoms with E-state index >= 15 is 0 Å². The van der Waals surface area contributed by atoms with Gasteiger partial charge in [-0.2, -0.15) is 0 Å². The summed E-state index contributed by atoms with van der Waals surface area (Å²) in [5, 5.41) is 12.2. The molecule has 1 aliphatic rings. The van der Waals surface area contributed by atoms with Crippen LogP contribution in [0.25, 0.3) is 0 Å². The Morgan fingerprint density at radius 3 is 1.08 bits per heavy atom. The predicted molar refractivity (Wildman–Crippen MR) is 271 cm³/mol. The molecule has 0 unspecified atom stereocenters. The summed E-state index contributed by atoms with van der Waals surface area (Å²) < 4.78 is 22.3. The fourth-order valence-corrected chi connectivity index (χ4v) is 9.48. The van der Waals surface area contributed by atoms with E-state index < -0.39 is 8.60 Å². The molecule has 5 heteroatoms. The van der Waals surface area contributed by atoms with Gasteiger partial charge in [-0.3, -0.25) is 0 Å². The summed E-state index contributed by atoms with van der Waals surface area (Å²) in [6, 6.07) is 18.5. The molecule has 4 aromatic rings. The van der Waals surface area contributed by atoms with Crippen molar-refractivity contribution in [2.24, 2.45) is 0 Å². The number of rotatable bonds is 4. The molecule has 0 saturated heterocycles. The number of hydrogen-bond donors (Lipinski definition) is 1. The number of phenols is 1. The lowest BCUT2D eigenvalue weighted by molar-refractivity contribution is 0.363. The van der Waals surface area contributed by atoms with E-state index in [1.165, 1.54) is 22.3 Å². The Morgan fingerprint density at radius 2 is 0.730 bits per heavy atom. The van der Waals surface area contributed by atoms with Crippen molar-refractivity contribution < 1.29 is 18.7 Å². The Bertz CT molecular complexity index is 2260. The summed E-state index contributed by atoms with van der Waals surface area (Å²) in [6.07, 6.45) is 1.15. The van der Waals surface area contributed by atoms with Gasteiger partial charge in [-0.25, -0.2) is 0 Å². The molecule has 0 radical (unpaired) electrons. The van der Waals surface area contributed by atoms with Crippen molar-refractivity contribution in [3.63, 3.8) is 0 Å². The van der Waals surface area contributed by atoms with E-state index in [1.54, 1.807) is 0 Å². The molecule has 346 valence electrons. The number of hydrogen-bond acceptors (Lipinski definition) is 4. The molecule has 0 bridgehead atoms. The third-order valence-corrected chi connectivity index (χ3v) is 13.6. The van der Waals surface area contributed by atoms with Crippen molar-refractivity contribution in [3.05, 3.63) is 115 Å². The monoisotopic (exact) mass is 877 g/mol. The van der Waals surface area contributed by atoms with Crippen molar-refractivity contribution in [1.29, 1.82) is 0 Å². The average Bonchev–Trinajstić information content (AvgIpc) is 3.05. The highest BCUT2D eigenvalue weighted by Gasteiger charge is 2.38. The van der Waals surface area contributed by atoms with Crippen LogP contribution in [-0.4, -0.2) is 5.11 Å². The van der Waals surface area contributed by atoms with Gasteiger partial charge in [0.15, 0.2) is 0 Å². The van der Waals surface area contributed by atoms with E-state index in [0.29, 0.717) is 18.6 Å². The van der Waals surface area contributed by atoms with Crippen LogP contribution in [-0.2, 0) is 56.2 Å². The van der Waals surface area contributed by atoms with Gasteiger partial charge in [0.05, 0.1) is 0 Å². The maximum absolute atomic E-state index is 12.2. The molecule has 0 aliphatic carbocycles. The van der Waals surface area contributed by atoms with Crippen molar-refractivity contribution in [1.82, 2.24) is 0 Å². The average molecular weight is 877 g/mol. The Labute approximate surface area is 386 Å². The van der Waals surface area contributed by atoms with Crippen LogP contribution in [0, 0.1) is 0 Å². The van der Waals surface area contributed by atoms with Gasteiger partial charge in [0, 0.05) is 29.5 Å². The van der Waals surface area contributed by atoms with E-state index in [1.807, 2.05) is 0 Å². The first kappa shape index (κ1) is 50.5. The third-order valence-electron chi connectivity index (χ3n) is 12.6. The first-order valence-electron chi connectivity index (χ1n) is 23.4. The van der Waals surface area contributed by atoms with Crippen LogP contribution in [0.1, 0.15) is 233 Å². The van der Waals surface area contributed by atoms with Crippen LogP contribution in [0.5, 0.6) is 23.0 Å². The summed E-state index contributed by atoms with van der Waals surface area (Å²) in [6.45, 7) is 54.3. The molecule has 0 amide bonds. The van der Waals surface area contributed by atoms with Crippen LogP contribution >= 0.6 is 8.60 Å². The Balaban J connectivity index is 1.90. The van der Waals surface area contributed by atoms with Crippen LogP contribution in [0.2, 0.25) is 0 Å². The zero-order chi connectivity index (χ0) is 48.0. The summed E-state index contributed by atoms with van der Waals surface area (Å²) in [5.41, 5.74) is 12.1. The highest BCUT2D eigenvalue weighted by Crippen LogP contribution is 2.55. The summed E-state index contributed by atoms with van der Waals surface area (Å²) >= 11 is 0. The highest BCUT2D eigenvalue weighted by atomic mass is 31.2. The first-order valence-corrected chi connectivity index (χ1v) is 24.5. The van der Waals surface area contributed by atoms with Gasteiger partial charge in [0.25, 0.3) is 0 Å². The van der Waals surface area contributed by atoms with E-state index in [2.05, 4.69) is 215 Å². The minimum absolute atomic E-state index is 0.0736. The van der Waals surface area contributed by atoms with E-state index in [4.69, 9.17) is 13.6 Å². The lowest BCUT2D eigenvalue weighted by Crippen LogP contribution is -2.23. The second kappa shape index (κ2) is 16.4. The van der Waals surface area contributed by atoms with Crippen molar-refractivity contribution in [2.45, 2.75) is 222 Å². The number of aromatic hydroxyl groups is 1. The maximum atomic E-state index is 12.2. The van der Waals surface area contributed by atoms with Crippen molar-refractivity contribution >= 4 is 8.60 Å². The summed E-state index contributed by atoms with van der Waals surface area (Å²) in [4.78, 5) is 0. The van der Waals surface area contributed by atoms with Crippen LogP contribution in [0.15, 0.2) is 48.5 Å². The second-order valence-corrected chi connectivity index (χ2v) is 27.9. The van der Waals surface area contributed by atoms with Crippen molar-refractivity contribution in [3.8, 4) is 23.0 Å². The molecule has 4 aromatic carbocycles. The van der Waals surface area contributed by atoms with Gasteiger partial charge in [-0.1, -0.05) is 215 Å². The van der Waals surface area contributed by atoms with E-state index in [0.717, 1.165) is 61.8 Å². The molecule has 0 saturated carbocycles. The first-order chi connectivity index (χ1) is 28.2.